The van der Waals surface area contributed by atoms with Crippen LogP contribution < -0.4 is 19.5 Å². The fourth-order valence-corrected chi connectivity index (χ4v) is 3.17. The third kappa shape index (κ3) is 4.71. The molecule has 0 atom stereocenters. The zero-order chi connectivity index (χ0) is 20.8. The van der Waals surface area contributed by atoms with Crippen molar-refractivity contribution in [1.29, 1.82) is 0 Å². The Bertz CT molecular complexity index is 878. The van der Waals surface area contributed by atoms with E-state index in [1.807, 2.05) is 12.1 Å². The van der Waals surface area contributed by atoms with Gasteiger partial charge in [0.25, 0.3) is 5.91 Å². The first kappa shape index (κ1) is 20.3. The summed E-state index contributed by atoms with van der Waals surface area (Å²) in [5, 5.41) is 2.86. The van der Waals surface area contributed by atoms with Crippen LogP contribution in [0.3, 0.4) is 0 Å². The van der Waals surface area contributed by atoms with Crippen LogP contribution in [-0.4, -0.2) is 69.2 Å². The van der Waals surface area contributed by atoms with Crippen molar-refractivity contribution in [2.45, 2.75) is 0 Å². The van der Waals surface area contributed by atoms with Gasteiger partial charge in [-0.25, -0.2) is 4.79 Å². The Labute approximate surface area is 170 Å². The van der Waals surface area contributed by atoms with Gasteiger partial charge in [0, 0.05) is 43.5 Å². The molecule has 1 aliphatic heterocycles. The molecule has 0 aromatic heterocycles. The predicted molar refractivity (Wildman–Crippen MR) is 109 cm³/mol. The maximum Gasteiger partial charge on any atom is 0.321 e. The monoisotopic (exact) mass is 399 g/mol. The van der Waals surface area contributed by atoms with E-state index < -0.39 is 0 Å². The van der Waals surface area contributed by atoms with Crippen molar-refractivity contribution in [3.8, 4) is 17.2 Å². The summed E-state index contributed by atoms with van der Waals surface area (Å²) in [4.78, 5) is 28.7. The van der Waals surface area contributed by atoms with Crippen LogP contribution in [0.4, 0.5) is 10.5 Å². The summed E-state index contributed by atoms with van der Waals surface area (Å²) in [7, 11) is 4.66. The standard InChI is InChI=1S/C21H25N3O5/c1-27-17-6-4-5-16(14-17)22-21(26)24-11-9-23(10-12-24)20(25)15-7-8-18(28-2)19(13-15)29-3/h4-8,13-14H,9-12H2,1-3H3,(H,22,26). The smallest absolute Gasteiger partial charge is 0.321 e. The van der Waals surface area contributed by atoms with Gasteiger partial charge in [-0.3, -0.25) is 4.79 Å². The van der Waals surface area contributed by atoms with Crippen LogP contribution in [-0.2, 0) is 0 Å². The van der Waals surface area contributed by atoms with Gasteiger partial charge in [-0.05, 0) is 30.3 Å². The summed E-state index contributed by atoms with van der Waals surface area (Å²) >= 11 is 0. The van der Waals surface area contributed by atoms with Gasteiger partial charge in [0.15, 0.2) is 11.5 Å². The van der Waals surface area contributed by atoms with E-state index in [4.69, 9.17) is 14.2 Å². The zero-order valence-corrected chi connectivity index (χ0v) is 16.8. The number of urea groups is 1. The van der Waals surface area contributed by atoms with Gasteiger partial charge in [0.1, 0.15) is 5.75 Å². The van der Waals surface area contributed by atoms with E-state index in [1.54, 1.807) is 54.4 Å². The van der Waals surface area contributed by atoms with Crippen LogP contribution in [0, 0.1) is 0 Å². The first-order valence-electron chi connectivity index (χ1n) is 9.27. The number of amides is 3. The van der Waals surface area contributed by atoms with Crippen molar-refractivity contribution in [2.24, 2.45) is 0 Å². The molecular formula is C21H25N3O5. The summed E-state index contributed by atoms with van der Waals surface area (Å²) in [6.07, 6.45) is 0. The van der Waals surface area contributed by atoms with E-state index in [0.717, 1.165) is 0 Å². The molecular weight excluding hydrogens is 374 g/mol. The maximum absolute atomic E-state index is 12.8. The molecule has 1 heterocycles. The number of rotatable bonds is 5. The van der Waals surface area contributed by atoms with E-state index in [2.05, 4.69) is 5.32 Å². The highest BCUT2D eigenvalue weighted by molar-refractivity contribution is 5.95. The lowest BCUT2D eigenvalue weighted by Crippen LogP contribution is -2.51. The van der Waals surface area contributed by atoms with Crippen LogP contribution in [0.5, 0.6) is 17.2 Å². The molecule has 3 amide bonds. The third-order valence-corrected chi connectivity index (χ3v) is 4.81. The highest BCUT2D eigenvalue weighted by Crippen LogP contribution is 2.28. The number of benzene rings is 2. The lowest BCUT2D eigenvalue weighted by Gasteiger charge is -2.34. The fraction of sp³-hybridized carbons (Fsp3) is 0.333. The van der Waals surface area contributed by atoms with Crippen LogP contribution in [0.1, 0.15) is 10.4 Å². The summed E-state index contributed by atoms with van der Waals surface area (Å²) < 4.78 is 15.7. The highest BCUT2D eigenvalue weighted by atomic mass is 16.5. The Morgan fingerprint density at radius 2 is 1.52 bits per heavy atom. The number of carbonyl (C=O) groups is 2. The molecule has 2 aromatic rings. The number of nitrogens with zero attached hydrogens (tertiary/aromatic N) is 2. The summed E-state index contributed by atoms with van der Waals surface area (Å²) in [5.41, 5.74) is 1.19. The molecule has 29 heavy (non-hydrogen) atoms. The summed E-state index contributed by atoms with van der Waals surface area (Å²) in [6, 6.07) is 12.1. The minimum atomic E-state index is -0.198. The van der Waals surface area contributed by atoms with Crippen molar-refractivity contribution in [3.63, 3.8) is 0 Å². The molecule has 1 saturated heterocycles. The summed E-state index contributed by atoms with van der Waals surface area (Å²) in [6.45, 7) is 1.82. The third-order valence-electron chi connectivity index (χ3n) is 4.81. The van der Waals surface area contributed by atoms with Crippen LogP contribution >= 0.6 is 0 Å². The molecule has 0 bridgehead atoms. The Morgan fingerprint density at radius 1 is 0.828 bits per heavy atom. The Hall–Kier alpha value is -3.42. The van der Waals surface area contributed by atoms with Gasteiger partial charge < -0.3 is 29.3 Å². The molecule has 3 rings (SSSR count). The van der Waals surface area contributed by atoms with Crippen LogP contribution in [0.15, 0.2) is 42.5 Å². The second-order valence-electron chi connectivity index (χ2n) is 6.51. The van der Waals surface area contributed by atoms with E-state index in [1.165, 1.54) is 7.11 Å². The van der Waals surface area contributed by atoms with E-state index in [0.29, 0.717) is 54.7 Å². The molecule has 8 heteroatoms. The Kier molecular flexibility index (Phi) is 6.43. The normalized spacial score (nSPS) is 13.6. The van der Waals surface area contributed by atoms with Crippen molar-refractivity contribution in [1.82, 2.24) is 9.80 Å². The first-order chi connectivity index (χ1) is 14.0. The van der Waals surface area contributed by atoms with E-state index >= 15 is 0 Å². The van der Waals surface area contributed by atoms with Crippen LogP contribution in [0.25, 0.3) is 0 Å². The topological polar surface area (TPSA) is 80.3 Å². The second kappa shape index (κ2) is 9.18. The van der Waals surface area contributed by atoms with Crippen molar-refractivity contribution >= 4 is 17.6 Å². The molecule has 1 fully saturated rings. The number of carbonyl (C=O) groups excluding carboxylic acids is 2. The number of anilines is 1. The quantitative estimate of drug-likeness (QED) is 0.836. The minimum absolute atomic E-state index is 0.0983. The van der Waals surface area contributed by atoms with Crippen molar-refractivity contribution < 1.29 is 23.8 Å². The zero-order valence-electron chi connectivity index (χ0n) is 16.8. The average molecular weight is 399 g/mol. The molecule has 0 aliphatic carbocycles. The molecule has 2 aromatic carbocycles. The minimum Gasteiger partial charge on any atom is -0.497 e. The largest absolute Gasteiger partial charge is 0.497 e. The number of piperazine rings is 1. The molecule has 0 saturated carbocycles. The van der Waals surface area contributed by atoms with Gasteiger partial charge in [-0.15, -0.1) is 0 Å². The second-order valence-corrected chi connectivity index (χ2v) is 6.51. The Balaban J connectivity index is 1.58. The molecule has 154 valence electrons. The number of nitrogens with one attached hydrogen (secondary N) is 1. The number of hydrogen-bond donors (Lipinski definition) is 1. The molecule has 0 spiro atoms. The first-order valence-corrected chi connectivity index (χ1v) is 9.27. The average Bonchev–Trinajstić information content (AvgIpc) is 2.78. The molecule has 8 nitrogen and oxygen atoms in total. The molecule has 1 aliphatic rings. The number of ether oxygens (including phenoxy) is 3. The van der Waals surface area contributed by atoms with Gasteiger partial charge >= 0.3 is 6.03 Å². The van der Waals surface area contributed by atoms with Gasteiger partial charge in [-0.2, -0.15) is 0 Å². The predicted octanol–water partition coefficient (Wildman–Crippen LogP) is 2.70. The number of methoxy groups -OCH3 is 3. The Morgan fingerprint density at radius 3 is 2.17 bits per heavy atom. The van der Waals surface area contributed by atoms with Crippen molar-refractivity contribution in [3.05, 3.63) is 48.0 Å². The van der Waals surface area contributed by atoms with E-state index in [9.17, 15) is 9.59 Å². The highest BCUT2D eigenvalue weighted by Gasteiger charge is 2.25. The van der Waals surface area contributed by atoms with Crippen LogP contribution in [0.2, 0.25) is 0 Å². The lowest BCUT2D eigenvalue weighted by atomic mass is 10.1. The van der Waals surface area contributed by atoms with Gasteiger partial charge in [0.05, 0.1) is 21.3 Å². The maximum atomic E-state index is 12.8. The van der Waals surface area contributed by atoms with Gasteiger partial charge in [-0.1, -0.05) is 6.07 Å². The lowest BCUT2D eigenvalue weighted by molar-refractivity contribution is 0.0671. The van der Waals surface area contributed by atoms with E-state index in [-0.39, 0.29) is 11.9 Å². The van der Waals surface area contributed by atoms with Gasteiger partial charge in [0.2, 0.25) is 0 Å². The molecule has 0 unspecified atom stereocenters. The SMILES string of the molecule is COc1cccc(NC(=O)N2CCN(C(=O)c3ccc(OC)c(OC)c3)CC2)c1. The van der Waals surface area contributed by atoms with Crippen molar-refractivity contribution in [2.75, 3.05) is 52.8 Å². The molecule has 0 radical (unpaired) electrons. The summed E-state index contributed by atoms with van der Waals surface area (Å²) in [5.74, 6) is 1.66. The number of hydrogen-bond acceptors (Lipinski definition) is 5. The molecule has 1 N–H and O–H groups in total. The fourth-order valence-electron chi connectivity index (χ4n) is 3.17.